The third kappa shape index (κ3) is 12.2. The molecule has 0 radical (unpaired) electrons. The van der Waals surface area contributed by atoms with Crippen molar-refractivity contribution in [1.29, 1.82) is 0 Å². The van der Waals surface area contributed by atoms with Crippen molar-refractivity contribution in [3.63, 3.8) is 0 Å². The van der Waals surface area contributed by atoms with E-state index in [2.05, 4.69) is 5.32 Å². The van der Waals surface area contributed by atoms with E-state index < -0.39 is 59.7 Å². The van der Waals surface area contributed by atoms with E-state index in [1.165, 1.54) is 0 Å². The Labute approximate surface area is 282 Å². The van der Waals surface area contributed by atoms with Gasteiger partial charge in [0.05, 0.1) is 24.2 Å². The summed E-state index contributed by atoms with van der Waals surface area (Å²) < 4.78 is 0. The molecule has 0 aromatic heterocycles. The second-order valence-electron chi connectivity index (χ2n) is 12.2. The molecule has 258 valence electrons. The molecule has 2 rings (SSSR count). The number of carboxylic acid groups (broad SMARTS) is 1. The number of imide groups is 1. The number of ketones is 1. The first-order valence-electron chi connectivity index (χ1n) is 16.1. The first kappa shape index (κ1) is 39.6. The Morgan fingerprint density at radius 1 is 0.851 bits per heavy atom. The number of thioether (sulfide) groups is 1. The van der Waals surface area contributed by atoms with E-state index in [-0.39, 0.29) is 30.7 Å². The summed E-state index contributed by atoms with van der Waals surface area (Å²) >= 11 is 1.56. The average molecular weight is 670 g/mol. The number of nitrogens with one attached hydrogen (secondary N) is 1. The molecule has 0 saturated carbocycles. The summed E-state index contributed by atoms with van der Waals surface area (Å²) in [5.41, 5.74) is 19.8. The number of rotatable bonds is 20. The summed E-state index contributed by atoms with van der Waals surface area (Å²) in [4.78, 5) is 68.0. The molecule has 0 heterocycles. The molecular weight excluding hydrogens is 618 g/mol. The van der Waals surface area contributed by atoms with Crippen molar-refractivity contribution in [1.82, 2.24) is 10.2 Å². The zero-order chi connectivity index (χ0) is 35.1. The Hall–Kier alpha value is -3.58. The number of Topliss-reactive ketones (excluding diaryl/α,β-unsaturated/α-hetero) is 1. The van der Waals surface area contributed by atoms with Gasteiger partial charge in [-0.25, -0.2) is 4.79 Å². The lowest BCUT2D eigenvalue weighted by molar-refractivity contribution is -0.159. The number of hydrogen-bond donors (Lipinski definition) is 5. The van der Waals surface area contributed by atoms with Gasteiger partial charge in [0.15, 0.2) is 5.78 Å². The molecule has 0 spiro atoms. The van der Waals surface area contributed by atoms with Crippen molar-refractivity contribution >= 4 is 41.2 Å². The number of nitrogens with two attached hydrogens (primary N) is 3. The summed E-state index contributed by atoms with van der Waals surface area (Å²) in [6, 6.07) is 9.60. The smallest absolute Gasteiger partial charge is 0.327 e. The Morgan fingerprint density at radius 2 is 1.47 bits per heavy atom. The largest absolute Gasteiger partial charge is 0.480 e. The van der Waals surface area contributed by atoms with Crippen molar-refractivity contribution in [3.8, 4) is 0 Å². The maximum atomic E-state index is 14.0. The average Bonchev–Trinajstić information content (AvgIpc) is 3.04. The van der Waals surface area contributed by atoms with Crippen molar-refractivity contribution in [2.75, 3.05) is 12.0 Å². The highest BCUT2D eigenvalue weighted by atomic mass is 32.2. The van der Waals surface area contributed by atoms with Crippen LogP contribution in [0.25, 0.3) is 0 Å². The van der Waals surface area contributed by atoms with Crippen molar-refractivity contribution in [3.05, 3.63) is 71.3 Å². The lowest BCUT2D eigenvalue weighted by Crippen LogP contribution is -2.59. The van der Waals surface area contributed by atoms with Crippen LogP contribution in [0.1, 0.15) is 74.4 Å². The molecule has 0 aliphatic rings. The minimum Gasteiger partial charge on any atom is -0.480 e. The SMILES string of the molecule is CCCCC(NC(=O)C(N)CCSC)C(=O)c1ccccc1CC(C(=O)O)N(C(=O)C(N)Cc1ccccc1)C(=O)C(N)CC(C)C. The van der Waals surface area contributed by atoms with Gasteiger partial charge >= 0.3 is 5.97 Å². The van der Waals surface area contributed by atoms with E-state index in [4.69, 9.17) is 17.2 Å². The summed E-state index contributed by atoms with van der Waals surface area (Å²) in [7, 11) is 0. The maximum absolute atomic E-state index is 14.0. The number of nitrogens with zero attached hydrogens (tertiary/aromatic N) is 1. The molecule has 3 amide bonds. The summed E-state index contributed by atoms with van der Waals surface area (Å²) in [6.45, 7) is 5.69. The number of unbranched alkanes of at least 4 members (excludes halogenated alkanes) is 1. The van der Waals surface area contributed by atoms with Crippen molar-refractivity contribution < 1.29 is 29.1 Å². The van der Waals surface area contributed by atoms with Crippen molar-refractivity contribution in [2.45, 2.75) is 95.9 Å². The molecule has 0 fully saturated rings. The molecule has 11 nitrogen and oxygen atoms in total. The Kier molecular flexibility index (Phi) is 16.8. The predicted octanol–water partition coefficient (Wildman–Crippen LogP) is 2.92. The Bertz CT molecular complexity index is 1340. The normalized spacial score (nSPS) is 14.5. The standard InChI is InChI=1S/C35H51N5O6S/c1-5-6-16-29(39-32(42)26(36)17-18-47-4)31(41)25-15-11-10-14-24(25)21-30(35(45)46)40(33(43)27(37)19-22(2)3)34(44)28(38)20-23-12-8-7-9-13-23/h7-15,22,26-30H,5-6,16-21,36-38H2,1-4H3,(H,39,42)(H,45,46). The molecule has 0 aliphatic heterocycles. The van der Waals surface area contributed by atoms with Gasteiger partial charge in [-0.15, -0.1) is 0 Å². The molecule has 12 heteroatoms. The number of hydrogen-bond acceptors (Lipinski definition) is 9. The molecule has 47 heavy (non-hydrogen) atoms. The van der Waals surface area contributed by atoms with Gasteiger partial charge in [0, 0.05) is 12.0 Å². The highest BCUT2D eigenvalue weighted by molar-refractivity contribution is 7.98. The van der Waals surface area contributed by atoms with Gasteiger partial charge in [-0.1, -0.05) is 88.2 Å². The van der Waals surface area contributed by atoms with Gasteiger partial charge in [-0.05, 0) is 54.7 Å². The number of carbonyl (C=O) groups is 5. The van der Waals surface area contributed by atoms with Gasteiger partial charge in [0.1, 0.15) is 6.04 Å². The van der Waals surface area contributed by atoms with Gasteiger partial charge < -0.3 is 27.6 Å². The molecule has 8 N–H and O–H groups in total. The van der Waals surface area contributed by atoms with Gasteiger partial charge in [-0.3, -0.25) is 24.1 Å². The lowest BCUT2D eigenvalue weighted by Gasteiger charge is -2.32. The van der Waals surface area contributed by atoms with E-state index in [0.29, 0.717) is 35.5 Å². The first-order chi connectivity index (χ1) is 22.3. The highest BCUT2D eigenvalue weighted by Gasteiger charge is 2.40. The summed E-state index contributed by atoms with van der Waals surface area (Å²) in [6.07, 6.45) is 4.06. The Morgan fingerprint density at radius 3 is 2.06 bits per heavy atom. The van der Waals surface area contributed by atoms with Crippen LogP contribution >= 0.6 is 11.8 Å². The molecular formula is C35H51N5O6S. The minimum atomic E-state index is -1.70. The van der Waals surface area contributed by atoms with Crippen LogP contribution in [0.4, 0.5) is 0 Å². The van der Waals surface area contributed by atoms with Crippen LogP contribution in [0.2, 0.25) is 0 Å². The number of carboxylic acids is 1. The number of carbonyl (C=O) groups excluding carboxylic acids is 4. The predicted molar refractivity (Wildman–Crippen MR) is 186 cm³/mol. The molecule has 0 bridgehead atoms. The molecule has 5 unspecified atom stereocenters. The van der Waals surface area contributed by atoms with Crippen LogP contribution in [-0.2, 0) is 32.0 Å². The van der Waals surface area contributed by atoms with Crippen LogP contribution in [0.3, 0.4) is 0 Å². The fraction of sp³-hybridized carbons (Fsp3) is 0.514. The molecule has 0 aliphatic carbocycles. The third-order valence-corrected chi connectivity index (χ3v) is 8.52. The van der Waals surface area contributed by atoms with E-state index in [0.717, 1.165) is 12.0 Å². The number of amides is 3. The van der Waals surface area contributed by atoms with Crippen LogP contribution in [0, 0.1) is 5.92 Å². The van der Waals surface area contributed by atoms with E-state index in [1.54, 1.807) is 60.3 Å². The minimum absolute atomic E-state index is 0.00497. The molecule has 5 atom stereocenters. The van der Waals surface area contributed by atoms with Gasteiger partial charge in [-0.2, -0.15) is 11.8 Å². The summed E-state index contributed by atoms with van der Waals surface area (Å²) in [5, 5.41) is 13.3. The monoisotopic (exact) mass is 669 g/mol. The van der Waals surface area contributed by atoms with Crippen LogP contribution in [0.15, 0.2) is 54.6 Å². The fourth-order valence-electron chi connectivity index (χ4n) is 5.29. The van der Waals surface area contributed by atoms with Crippen molar-refractivity contribution in [2.24, 2.45) is 23.1 Å². The zero-order valence-electron chi connectivity index (χ0n) is 27.9. The quantitative estimate of drug-likeness (QED) is 0.131. The van der Waals surface area contributed by atoms with E-state index in [9.17, 15) is 29.1 Å². The van der Waals surface area contributed by atoms with Crippen LogP contribution in [-0.4, -0.2) is 81.7 Å². The third-order valence-electron chi connectivity index (χ3n) is 7.87. The first-order valence-corrected chi connectivity index (χ1v) is 17.5. The summed E-state index contributed by atoms with van der Waals surface area (Å²) in [5.74, 6) is -3.35. The fourth-order valence-corrected chi connectivity index (χ4v) is 5.78. The molecule has 2 aromatic carbocycles. The highest BCUT2D eigenvalue weighted by Crippen LogP contribution is 2.21. The molecule has 0 saturated heterocycles. The van der Waals surface area contributed by atoms with Crippen LogP contribution < -0.4 is 22.5 Å². The number of aliphatic carboxylic acids is 1. The van der Waals surface area contributed by atoms with Crippen LogP contribution in [0.5, 0.6) is 0 Å². The second-order valence-corrected chi connectivity index (χ2v) is 13.2. The van der Waals surface area contributed by atoms with Gasteiger partial charge in [0.2, 0.25) is 17.7 Å². The molecule has 2 aromatic rings. The number of benzene rings is 2. The van der Waals surface area contributed by atoms with Gasteiger partial charge in [0.25, 0.3) is 0 Å². The Balaban J connectivity index is 2.50. The zero-order valence-corrected chi connectivity index (χ0v) is 28.7. The van der Waals surface area contributed by atoms with E-state index >= 15 is 0 Å². The second kappa shape index (κ2) is 19.9. The lowest BCUT2D eigenvalue weighted by atomic mass is 9.91. The maximum Gasteiger partial charge on any atom is 0.327 e. The van der Waals surface area contributed by atoms with E-state index in [1.807, 2.05) is 33.1 Å². The topological polar surface area (TPSA) is 199 Å².